The maximum Gasteiger partial charge on any atom is 0.337 e. The maximum atomic E-state index is 13.0. The number of carbonyl (C=O) groups is 1. The summed E-state index contributed by atoms with van der Waals surface area (Å²) in [6.45, 7) is 2.32. The summed E-state index contributed by atoms with van der Waals surface area (Å²) in [6.07, 6.45) is 0. The summed E-state index contributed by atoms with van der Waals surface area (Å²) < 4.78 is 17.7. The molecule has 0 aliphatic heterocycles. The summed E-state index contributed by atoms with van der Waals surface area (Å²) >= 11 is 0. The van der Waals surface area contributed by atoms with Crippen molar-refractivity contribution in [1.82, 2.24) is 9.97 Å². The van der Waals surface area contributed by atoms with Gasteiger partial charge in [0.2, 0.25) is 0 Å². The van der Waals surface area contributed by atoms with Gasteiger partial charge in [-0.25, -0.2) is 19.2 Å². The third kappa shape index (κ3) is 5.01. The zero-order chi connectivity index (χ0) is 19.2. The zero-order valence-corrected chi connectivity index (χ0v) is 15.0. The van der Waals surface area contributed by atoms with Gasteiger partial charge in [-0.05, 0) is 48.9 Å². The lowest BCUT2D eigenvalue weighted by atomic mass is 10.2. The Balaban J connectivity index is 1.69. The van der Waals surface area contributed by atoms with Crippen LogP contribution in [-0.4, -0.2) is 23.0 Å². The highest BCUT2D eigenvalue weighted by Gasteiger charge is 2.06. The van der Waals surface area contributed by atoms with Crippen LogP contribution in [0.3, 0.4) is 0 Å². The van der Waals surface area contributed by atoms with Crippen molar-refractivity contribution >= 4 is 23.3 Å². The number of anilines is 3. The van der Waals surface area contributed by atoms with Gasteiger partial charge in [-0.3, -0.25) is 0 Å². The van der Waals surface area contributed by atoms with Crippen LogP contribution in [0.1, 0.15) is 21.7 Å². The Morgan fingerprint density at radius 3 is 2.37 bits per heavy atom. The second-order valence-electron chi connectivity index (χ2n) is 5.86. The van der Waals surface area contributed by atoms with Crippen molar-refractivity contribution in [3.8, 4) is 0 Å². The van der Waals surface area contributed by atoms with Crippen LogP contribution in [0.15, 0.2) is 54.6 Å². The summed E-state index contributed by atoms with van der Waals surface area (Å²) in [5, 5.41) is 6.39. The summed E-state index contributed by atoms with van der Waals surface area (Å²) in [4.78, 5) is 20.2. The largest absolute Gasteiger partial charge is 0.465 e. The Hall–Kier alpha value is -3.48. The molecule has 2 aromatic carbocycles. The van der Waals surface area contributed by atoms with Crippen molar-refractivity contribution in [2.24, 2.45) is 0 Å². The van der Waals surface area contributed by atoms with E-state index in [4.69, 9.17) is 0 Å². The van der Waals surface area contributed by atoms with Crippen LogP contribution in [0.5, 0.6) is 0 Å². The average Bonchev–Trinajstić information content (AvgIpc) is 2.67. The molecule has 27 heavy (non-hydrogen) atoms. The second-order valence-corrected chi connectivity index (χ2v) is 5.86. The number of aromatic nitrogens is 2. The normalized spacial score (nSPS) is 10.3. The van der Waals surface area contributed by atoms with E-state index in [-0.39, 0.29) is 11.8 Å². The lowest BCUT2D eigenvalue weighted by molar-refractivity contribution is 0.0601. The van der Waals surface area contributed by atoms with E-state index in [9.17, 15) is 9.18 Å². The van der Waals surface area contributed by atoms with Crippen LogP contribution < -0.4 is 10.6 Å². The number of nitrogens with zero attached hydrogens (tertiary/aromatic N) is 2. The molecule has 2 N–H and O–H groups in total. The van der Waals surface area contributed by atoms with Gasteiger partial charge in [0, 0.05) is 18.3 Å². The molecule has 3 aromatic rings. The van der Waals surface area contributed by atoms with Gasteiger partial charge in [-0.2, -0.15) is 0 Å². The Morgan fingerprint density at radius 1 is 1.04 bits per heavy atom. The molecule has 0 aliphatic carbocycles. The number of halogens is 1. The Morgan fingerprint density at radius 2 is 1.70 bits per heavy atom. The van der Waals surface area contributed by atoms with Gasteiger partial charge in [0.1, 0.15) is 23.3 Å². The molecule has 1 aromatic heterocycles. The first-order valence-corrected chi connectivity index (χ1v) is 8.33. The van der Waals surface area contributed by atoms with Crippen LogP contribution in [0.2, 0.25) is 0 Å². The number of hydrogen-bond acceptors (Lipinski definition) is 6. The monoisotopic (exact) mass is 366 g/mol. The average molecular weight is 366 g/mol. The van der Waals surface area contributed by atoms with Crippen molar-refractivity contribution in [3.63, 3.8) is 0 Å². The molecular weight excluding hydrogens is 347 g/mol. The summed E-state index contributed by atoms with van der Waals surface area (Å²) in [7, 11) is 1.35. The van der Waals surface area contributed by atoms with Gasteiger partial charge in [0.15, 0.2) is 0 Å². The summed E-state index contributed by atoms with van der Waals surface area (Å²) in [5.74, 6) is 1.23. The van der Waals surface area contributed by atoms with Gasteiger partial charge in [0.05, 0.1) is 12.7 Å². The highest BCUT2D eigenvalue weighted by molar-refractivity contribution is 5.89. The fourth-order valence-corrected chi connectivity index (χ4v) is 2.47. The number of rotatable bonds is 6. The first-order valence-electron chi connectivity index (χ1n) is 8.33. The molecule has 0 bridgehead atoms. The fraction of sp³-hybridized carbons (Fsp3) is 0.150. The molecule has 0 saturated carbocycles. The van der Waals surface area contributed by atoms with E-state index in [2.05, 4.69) is 25.3 Å². The summed E-state index contributed by atoms with van der Waals surface area (Å²) in [5.41, 5.74) is 2.20. The quantitative estimate of drug-likeness (QED) is 0.641. The smallest absolute Gasteiger partial charge is 0.337 e. The highest BCUT2D eigenvalue weighted by atomic mass is 19.1. The molecule has 7 heteroatoms. The Bertz CT molecular complexity index is 928. The number of hydrogen-bond donors (Lipinski definition) is 2. The number of aryl methyl sites for hydroxylation is 1. The predicted molar refractivity (Wildman–Crippen MR) is 102 cm³/mol. The van der Waals surface area contributed by atoms with Crippen molar-refractivity contribution in [3.05, 3.63) is 77.4 Å². The molecule has 1 heterocycles. The minimum Gasteiger partial charge on any atom is -0.465 e. The van der Waals surface area contributed by atoms with E-state index in [1.807, 2.05) is 0 Å². The van der Waals surface area contributed by atoms with Crippen LogP contribution in [0.4, 0.5) is 21.7 Å². The van der Waals surface area contributed by atoms with E-state index in [1.165, 1.54) is 19.2 Å². The van der Waals surface area contributed by atoms with Gasteiger partial charge >= 0.3 is 5.97 Å². The van der Waals surface area contributed by atoms with Crippen molar-refractivity contribution in [2.75, 3.05) is 17.7 Å². The number of ether oxygens (including phenoxy) is 1. The maximum absolute atomic E-state index is 13.0. The number of carbonyl (C=O) groups excluding carboxylic acids is 1. The molecule has 0 radical (unpaired) electrons. The Labute approximate surface area is 156 Å². The molecule has 6 nitrogen and oxygen atoms in total. The SMILES string of the molecule is COC(=O)c1ccc(Nc2cc(NCc3ccc(F)cc3)nc(C)n2)cc1. The molecule has 0 fully saturated rings. The van der Waals surface area contributed by atoms with Crippen LogP contribution in [0, 0.1) is 12.7 Å². The van der Waals surface area contributed by atoms with Crippen LogP contribution >= 0.6 is 0 Å². The van der Waals surface area contributed by atoms with E-state index >= 15 is 0 Å². The Kier molecular flexibility index (Phi) is 5.61. The lowest BCUT2D eigenvalue weighted by Crippen LogP contribution is -2.05. The van der Waals surface area contributed by atoms with E-state index in [0.717, 1.165) is 11.3 Å². The van der Waals surface area contributed by atoms with Gasteiger partial charge < -0.3 is 15.4 Å². The van der Waals surface area contributed by atoms with Crippen LogP contribution in [-0.2, 0) is 11.3 Å². The molecular formula is C20H19FN4O2. The number of benzene rings is 2. The highest BCUT2D eigenvalue weighted by Crippen LogP contribution is 2.19. The molecule has 0 spiro atoms. The fourth-order valence-electron chi connectivity index (χ4n) is 2.47. The van der Waals surface area contributed by atoms with Crippen molar-refractivity contribution < 1.29 is 13.9 Å². The molecule has 0 amide bonds. The molecule has 0 aliphatic rings. The first-order chi connectivity index (χ1) is 13.0. The number of esters is 1. The lowest BCUT2D eigenvalue weighted by Gasteiger charge is -2.11. The second kappa shape index (κ2) is 8.27. The van der Waals surface area contributed by atoms with E-state index in [1.54, 1.807) is 49.4 Å². The third-order valence-electron chi connectivity index (χ3n) is 3.80. The van der Waals surface area contributed by atoms with Gasteiger partial charge in [-0.1, -0.05) is 12.1 Å². The molecule has 138 valence electrons. The number of nitrogens with one attached hydrogen (secondary N) is 2. The predicted octanol–water partition coefficient (Wildman–Crippen LogP) is 4.07. The summed E-state index contributed by atoms with van der Waals surface area (Å²) in [6, 6.07) is 15.0. The van der Waals surface area contributed by atoms with E-state index in [0.29, 0.717) is 29.6 Å². The topological polar surface area (TPSA) is 76.1 Å². The van der Waals surface area contributed by atoms with Gasteiger partial charge in [0.25, 0.3) is 0 Å². The van der Waals surface area contributed by atoms with Crippen LogP contribution in [0.25, 0.3) is 0 Å². The first kappa shape index (κ1) is 18.3. The van der Waals surface area contributed by atoms with Crippen molar-refractivity contribution in [1.29, 1.82) is 0 Å². The van der Waals surface area contributed by atoms with Crippen molar-refractivity contribution in [2.45, 2.75) is 13.5 Å². The van der Waals surface area contributed by atoms with E-state index < -0.39 is 0 Å². The third-order valence-corrected chi connectivity index (χ3v) is 3.80. The zero-order valence-electron chi connectivity index (χ0n) is 15.0. The number of methoxy groups -OCH3 is 1. The molecule has 0 saturated heterocycles. The molecule has 0 unspecified atom stereocenters. The molecule has 3 rings (SSSR count). The minimum atomic E-state index is -0.383. The molecule has 0 atom stereocenters. The van der Waals surface area contributed by atoms with Gasteiger partial charge in [-0.15, -0.1) is 0 Å². The minimum absolute atomic E-state index is 0.263. The standard InChI is InChI=1S/C20H19FN4O2/c1-13-23-18(22-12-14-3-7-16(21)8-4-14)11-19(24-13)25-17-9-5-15(6-10-17)20(26)27-2/h3-11H,12H2,1-2H3,(H2,22,23,24,25).